The van der Waals surface area contributed by atoms with Crippen LogP contribution in [0, 0.1) is 28.6 Å². The first-order valence-corrected chi connectivity index (χ1v) is 11.2. The molecule has 1 heterocycles. The van der Waals surface area contributed by atoms with Gasteiger partial charge in [0.05, 0.1) is 23.4 Å². The molecule has 5 rings (SSSR count). The van der Waals surface area contributed by atoms with Crippen molar-refractivity contribution in [3.63, 3.8) is 0 Å². The Bertz CT molecular complexity index is 764. The lowest BCUT2D eigenvalue weighted by Gasteiger charge is -2.67. The fraction of sp³-hybridized carbons (Fsp3) is 0.870. The topological polar surface area (TPSA) is 107 Å². The van der Waals surface area contributed by atoms with E-state index in [4.69, 9.17) is 4.74 Å². The van der Waals surface area contributed by atoms with Crippen molar-refractivity contribution >= 4 is 5.97 Å². The molecule has 0 saturated heterocycles. The Balaban J connectivity index is 1.53. The smallest absolute Gasteiger partial charge is 0.331 e. The summed E-state index contributed by atoms with van der Waals surface area (Å²) in [4.78, 5) is 11.6. The number of carbonyl (C=O) groups excluding carboxylic acids is 1. The molecule has 0 aromatic heterocycles. The van der Waals surface area contributed by atoms with Crippen molar-refractivity contribution in [2.24, 2.45) is 28.6 Å². The van der Waals surface area contributed by atoms with Crippen LogP contribution in [-0.4, -0.2) is 56.4 Å². The van der Waals surface area contributed by atoms with Crippen LogP contribution in [0.15, 0.2) is 11.6 Å². The van der Waals surface area contributed by atoms with E-state index in [1.807, 2.05) is 0 Å². The standard InChI is InChI=1S/C23H34O6/c1-20-6-3-14(24)10-22(20,27)11-17(25)19-16(20)4-7-21(2)15(5-8-23(19,21)28)13-9-18(26)29-12-13/h9,14-17,19,24-25,27-28H,3-8,10-12H2,1-2H3/t14-,15+,16-,17-,19-,20+,21+,22+,23-/m0/s1. The average Bonchev–Trinajstić information content (AvgIpc) is 3.17. The average molecular weight is 407 g/mol. The number of cyclic esters (lactones) is 1. The maximum atomic E-state index is 12.1. The SMILES string of the molecule is C[C@]12CC[C@H](O)C[C@@]1(O)C[C@H](O)[C@@H]1[C@@H]2CC[C@]2(C)[C@@H](C3=CC(=O)OC3)CC[C@]12O. The third-order valence-corrected chi connectivity index (χ3v) is 10.1. The Hall–Kier alpha value is -0.950. The molecule has 1 aliphatic heterocycles. The molecule has 5 aliphatic rings. The Labute approximate surface area is 172 Å². The van der Waals surface area contributed by atoms with Gasteiger partial charge in [-0.05, 0) is 61.3 Å². The summed E-state index contributed by atoms with van der Waals surface area (Å²) < 4.78 is 5.15. The van der Waals surface area contributed by atoms with Gasteiger partial charge in [-0.3, -0.25) is 0 Å². The van der Waals surface area contributed by atoms with Crippen LogP contribution in [0.2, 0.25) is 0 Å². The fourth-order valence-corrected chi connectivity index (χ4v) is 8.41. The summed E-state index contributed by atoms with van der Waals surface area (Å²) in [5.41, 5.74) is -2.00. The molecule has 0 amide bonds. The molecular weight excluding hydrogens is 372 g/mol. The van der Waals surface area contributed by atoms with Crippen molar-refractivity contribution in [1.29, 1.82) is 0 Å². The quantitative estimate of drug-likeness (QED) is 0.494. The van der Waals surface area contributed by atoms with Crippen molar-refractivity contribution < 1.29 is 30.0 Å². The molecule has 0 unspecified atom stereocenters. The number of aliphatic hydroxyl groups excluding tert-OH is 2. The molecule has 6 nitrogen and oxygen atoms in total. The number of hydrogen-bond donors (Lipinski definition) is 4. The lowest BCUT2D eigenvalue weighted by Crippen LogP contribution is -2.71. The number of carbonyl (C=O) groups is 1. The lowest BCUT2D eigenvalue weighted by molar-refractivity contribution is -0.283. The second kappa shape index (κ2) is 6.06. The number of esters is 1. The lowest BCUT2D eigenvalue weighted by atomic mass is 9.41. The summed E-state index contributed by atoms with van der Waals surface area (Å²) in [5.74, 6) is -0.515. The van der Waals surface area contributed by atoms with Gasteiger partial charge in [0.15, 0.2) is 0 Å². The molecule has 4 N–H and O–H groups in total. The molecule has 4 aliphatic carbocycles. The van der Waals surface area contributed by atoms with E-state index in [1.54, 1.807) is 6.08 Å². The summed E-state index contributed by atoms with van der Waals surface area (Å²) in [5, 5.41) is 45.1. The van der Waals surface area contributed by atoms with Crippen LogP contribution in [0.25, 0.3) is 0 Å². The normalized spacial score (nSPS) is 56.8. The van der Waals surface area contributed by atoms with Gasteiger partial charge in [-0.2, -0.15) is 0 Å². The first kappa shape index (κ1) is 20.0. The van der Waals surface area contributed by atoms with Crippen molar-refractivity contribution in [3.05, 3.63) is 11.6 Å². The molecule has 0 bridgehead atoms. The van der Waals surface area contributed by atoms with Crippen molar-refractivity contribution in [3.8, 4) is 0 Å². The highest BCUT2D eigenvalue weighted by Crippen LogP contribution is 2.70. The maximum absolute atomic E-state index is 12.1. The minimum absolute atomic E-state index is 0.0102. The van der Waals surface area contributed by atoms with Crippen LogP contribution in [0.3, 0.4) is 0 Å². The highest BCUT2D eigenvalue weighted by Gasteiger charge is 2.72. The molecular formula is C23H34O6. The molecule has 9 atom stereocenters. The molecule has 4 saturated carbocycles. The van der Waals surface area contributed by atoms with E-state index in [0.29, 0.717) is 32.3 Å². The predicted octanol–water partition coefficient (Wildman–Crippen LogP) is 1.69. The van der Waals surface area contributed by atoms with E-state index in [0.717, 1.165) is 24.8 Å². The maximum Gasteiger partial charge on any atom is 0.331 e. The van der Waals surface area contributed by atoms with Crippen molar-refractivity contribution in [2.45, 2.75) is 88.6 Å². The fourth-order valence-electron chi connectivity index (χ4n) is 8.41. The second-order valence-electron chi connectivity index (χ2n) is 11.0. The summed E-state index contributed by atoms with van der Waals surface area (Å²) >= 11 is 0. The number of fused-ring (bicyclic) bond motifs is 5. The zero-order valence-electron chi connectivity index (χ0n) is 17.4. The van der Waals surface area contributed by atoms with Gasteiger partial charge < -0.3 is 25.2 Å². The van der Waals surface area contributed by atoms with Crippen LogP contribution < -0.4 is 0 Å². The third-order valence-electron chi connectivity index (χ3n) is 10.1. The zero-order chi connectivity index (χ0) is 20.8. The summed E-state index contributed by atoms with van der Waals surface area (Å²) in [7, 11) is 0. The highest BCUT2D eigenvalue weighted by molar-refractivity contribution is 5.85. The van der Waals surface area contributed by atoms with Gasteiger partial charge in [-0.15, -0.1) is 0 Å². The van der Waals surface area contributed by atoms with Gasteiger partial charge in [-0.1, -0.05) is 13.8 Å². The van der Waals surface area contributed by atoms with Crippen LogP contribution in [-0.2, 0) is 9.53 Å². The van der Waals surface area contributed by atoms with Crippen LogP contribution >= 0.6 is 0 Å². The Morgan fingerprint density at radius 2 is 1.72 bits per heavy atom. The van der Waals surface area contributed by atoms with E-state index in [9.17, 15) is 25.2 Å². The summed E-state index contributed by atoms with van der Waals surface area (Å²) in [6.07, 6.45) is 5.12. The minimum Gasteiger partial charge on any atom is -0.458 e. The van der Waals surface area contributed by atoms with Crippen LogP contribution in [0.5, 0.6) is 0 Å². The van der Waals surface area contributed by atoms with E-state index < -0.39 is 34.2 Å². The largest absolute Gasteiger partial charge is 0.458 e. The zero-order valence-corrected chi connectivity index (χ0v) is 17.4. The van der Waals surface area contributed by atoms with E-state index in [-0.39, 0.29) is 30.1 Å². The second-order valence-corrected chi connectivity index (χ2v) is 11.0. The van der Waals surface area contributed by atoms with Crippen LogP contribution in [0.1, 0.15) is 65.2 Å². The summed E-state index contributed by atoms with van der Waals surface area (Å²) in [6, 6.07) is 0. The van der Waals surface area contributed by atoms with Gasteiger partial charge in [0.1, 0.15) is 6.61 Å². The van der Waals surface area contributed by atoms with E-state index >= 15 is 0 Å². The Kier molecular flexibility index (Phi) is 4.17. The number of rotatable bonds is 1. The highest BCUT2D eigenvalue weighted by atomic mass is 16.5. The third kappa shape index (κ3) is 2.40. The molecule has 0 aromatic carbocycles. The molecule has 0 aromatic rings. The molecule has 0 spiro atoms. The van der Waals surface area contributed by atoms with Gasteiger partial charge in [0.25, 0.3) is 0 Å². The van der Waals surface area contributed by atoms with E-state index in [2.05, 4.69) is 13.8 Å². The van der Waals surface area contributed by atoms with Crippen LogP contribution in [0.4, 0.5) is 0 Å². The summed E-state index contributed by atoms with van der Waals surface area (Å²) in [6.45, 7) is 4.53. The Morgan fingerprint density at radius 3 is 2.41 bits per heavy atom. The Morgan fingerprint density at radius 1 is 1.00 bits per heavy atom. The first-order valence-electron chi connectivity index (χ1n) is 11.2. The number of hydrogen-bond acceptors (Lipinski definition) is 6. The van der Waals surface area contributed by atoms with Crippen molar-refractivity contribution in [2.75, 3.05) is 6.61 Å². The van der Waals surface area contributed by atoms with Gasteiger partial charge in [-0.25, -0.2) is 4.79 Å². The minimum atomic E-state index is -1.10. The van der Waals surface area contributed by atoms with Crippen molar-refractivity contribution in [1.82, 2.24) is 0 Å². The van der Waals surface area contributed by atoms with Gasteiger partial charge in [0.2, 0.25) is 0 Å². The molecule has 4 fully saturated rings. The molecule has 29 heavy (non-hydrogen) atoms. The van der Waals surface area contributed by atoms with Gasteiger partial charge in [0, 0.05) is 30.3 Å². The number of aliphatic hydroxyl groups is 4. The monoisotopic (exact) mass is 406 g/mol. The predicted molar refractivity (Wildman–Crippen MR) is 105 cm³/mol. The molecule has 0 radical (unpaired) electrons. The van der Waals surface area contributed by atoms with Gasteiger partial charge >= 0.3 is 5.97 Å². The first-order chi connectivity index (χ1) is 13.5. The van der Waals surface area contributed by atoms with E-state index in [1.165, 1.54) is 0 Å². The molecule has 162 valence electrons. The number of ether oxygens (including phenoxy) is 1. The molecule has 6 heteroatoms.